The second-order valence-corrected chi connectivity index (χ2v) is 5.70. The molecular formula is C15H16N2O4. The molecule has 0 bridgehead atoms. The molecule has 2 rings (SSSR count). The van der Waals surface area contributed by atoms with E-state index >= 15 is 0 Å². The minimum absolute atomic E-state index is 0.0723. The van der Waals surface area contributed by atoms with Gasteiger partial charge in [0.05, 0.1) is 16.9 Å². The van der Waals surface area contributed by atoms with Crippen LogP contribution in [-0.2, 0) is 5.41 Å². The van der Waals surface area contributed by atoms with Crippen LogP contribution < -0.4 is 0 Å². The maximum Gasteiger partial charge on any atom is 0.356 e. The van der Waals surface area contributed by atoms with E-state index in [-0.39, 0.29) is 16.7 Å². The Kier molecular flexibility index (Phi) is 3.55. The molecule has 0 spiro atoms. The summed E-state index contributed by atoms with van der Waals surface area (Å²) < 4.78 is 1.40. The number of benzene rings is 1. The molecule has 0 aliphatic heterocycles. The SMILES string of the molecule is CC(C)(C)c1cc(C(=O)O)nn1-c1ccccc1C(=O)O. The van der Waals surface area contributed by atoms with E-state index in [9.17, 15) is 14.7 Å². The predicted molar refractivity (Wildman–Crippen MR) is 76.2 cm³/mol. The number of carboxylic acid groups (broad SMARTS) is 2. The number of aromatic nitrogens is 2. The Morgan fingerprint density at radius 3 is 2.24 bits per heavy atom. The van der Waals surface area contributed by atoms with Crippen molar-refractivity contribution in [3.8, 4) is 5.69 Å². The van der Waals surface area contributed by atoms with Gasteiger partial charge < -0.3 is 10.2 Å². The van der Waals surface area contributed by atoms with Gasteiger partial charge >= 0.3 is 11.9 Å². The number of hydrogen-bond acceptors (Lipinski definition) is 3. The van der Waals surface area contributed by atoms with Crippen LogP contribution in [0.25, 0.3) is 5.69 Å². The average Bonchev–Trinajstić information content (AvgIpc) is 2.83. The van der Waals surface area contributed by atoms with E-state index in [1.807, 2.05) is 20.8 Å². The summed E-state index contributed by atoms with van der Waals surface area (Å²) in [6, 6.07) is 7.85. The molecule has 2 aromatic rings. The molecule has 2 N–H and O–H groups in total. The Morgan fingerprint density at radius 1 is 1.10 bits per heavy atom. The molecule has 0 aliphatic rings. The Bertz CT molecular complexity index is 711. The second-order valence-electron chi connectivity index (χ2n) is 5.70. The summed E-state index contributed by atoms with van der Waals surface area (Å²) in [5.41, 5.74) is 0.561. The van der Waals surface area contributed by atoms with E-state index in [2.05, 4.69) is 5.10 Å². The van der Waals surface area contributed by atoms with Crippen molar-refractivity contribution in [2.75, 3.05) is 0 Å². The van der Waals surface area contributed by atoms with Crippen molar-refractivity contribution < 1.29 is 19.8 Å². The van der Waals surface area contributed by atoms with Gasteiger partial charge in [-0.25, -0.2) is 14.3 Å². The summed E-state index contributed by atoms with van der Waals surface area (Å²) in [5, 5.41) is 22.4. The summed E-state index contributed by atoms with van der Waals surface area (Å²) in [5.74, 6) is -2.23. The van der Waals surface area contributed by atoms with Gasteiger partial charge in [0.2, 0.25) is 0 Å². The quantitative estimate of drug-likeness (QED) is 0.905. The number of aromatic carboxylic acids is 2. The number of rotatable bonds is 3. The minimum Gasteiger partial charge on any atom is -0.478 e. The third-order valence-corrected chi connectivity index (χ3v) is 3.06. The fourth-order valence-electron chi connectivity index (χ4n) is 2.04. The van der Waals surface area contributed by atoms with Crippen molar-refractivity contribution in [1.29, 1.82) is 0 Å². The largest absolute Gasteiger partial charge is 0.478 e. The van der Waals surface area contributed by atoms with Gasteiger partial charge in [0, 0.05) is 5.41 Å². The number of hydrogen-bond donors (Lipinski definition) is 2. The summed E-state index contributed by atoms with van der Waals surface area (Å²) in [6.07, 6.45) is 0. The van der Waals surface area contributed by atoms with E-state index in [0.717, 1.165) is 0 Å². The Balaban J connectivity index is 2.74. The highest BCUT2D eigenvalue weighted by atomic mass is 16.4. The highest BCUT2D eigenvalue weighted by molar-refractivity contribution is 5.92. The first-order chi connectivity index (χ1) is 9.71. The molecule has 0 amide bonds. The number of carboxylic acids is 2. The molecular weight excluding hydrogens is 272 g/mol. The molecule has 0 radical (unpaired) electrons. The van der Waals surface area contributed by atoms with E-state index in [1.54, 1.807) is 18.2 Å². The normalized spacial score (nSPS) is 11.4. The smallest absolute Gasteiger partial charge is 0.356 e. The lowest BCUT2D eigenvalue weighted by atomic mass is 9.91. The number of para-hydroxylation sites is 1. The highest BCUT2D eigenvalue weighted by Crippen LogP contribution is 2.27. The van der Waals surface area contributed by atoms with Gasteiger partial charge in [-0.1, -0.05) is 32.9 Å². The van der Waals surface area contributed by atoms with Gasteiger partial charge in [-0.05, 0) is 18.2 Å². The van der Waals surface area contributed by atoms with E-state index in [4.69, 9.17) is 5.11 Å². The van der Waals surface area contributed by atoms with Crippen molar-refractivity contribution in [2.45, 2.75) is 26.2 Å². The van der Waals surface area contributed by atoms with Crippen molar-refractivity contribution in [1.82, 2.24) is 9.78 Å². The van der Waals surface area contributed by atoms with Crippen molar-refractivity contribution in [2.24, 2.45) is 0 Å². The van der Waals surface area contributed by atoms with Crippen LogP contribution in [0.15, 0.2) is 30.3 Å². The third-order valence-electron chi connectivity index (χ3n) is 3.06. The number of carbonyl (C=O) groups is 2. The van der Waals surface area contributed by atoms with E-state index in [0.29, 0.717) is 11.4 Å². The average molecular weight is 288 g/mol. The van der Waals surface area contributed by atoms with Crippen molar-refractivity contribution in [3.63, 3.8) is 0 Å². The van der Waals surface area contributed by atoms with Gasteiger partial charge in [-0.3, -0.25) is 0 Å². The summed E-state index contributed by atoms with van der Waals surface area (Å²) in [7, 11) is 0. The molecule has 6 nitrogen and oxygen atoms in total. The molecule has 0 saturated carbocycles. The Morgan fingerprint density at radius 2 is 1.71 bits per heavy atom. The molecule has 0 atom stereocenters. The standard InChI is InChI=1S/C15H16N2O4/c1-15(2,3)12-8-10(14(20)21)16-17(12)11-7-5-4-6-9(11)13(18)19/h4-8H,1-3H3,(H,18,19)(H,20,21). The Hall–Kier alpha value is -2.63. The molecule has 1 heterocycles. The monoisotopic (exact) mass is 288 g/mol. The first-order valence-electron chi connectivity index (χ1n) is 6.38. The molecule has 21 heavy (non-hydrogen) atoms. The van der Waals surface area contributed by atoms with Crippen LogP contribution in [0.1, 0.15) is 47.3 Å². The molecule has 0 saturated heterocycles. The molecule has 0 aliphatic carbocycles. The first-order valence-corrected chi connectivity index (χ1v) is 6.38. The lowest BCUT2D eigenvalue weighted by molar-refractivity contribution is 0.0684. The molecule has 1 aromatic heterocycles. The molecule has 110 valence electrons. The van der Waals surface area contributed by atoms with Crippen LogP contribution in [0.2, 0.25) is 0 Å². The fraction of sp³-hybridized carbons (Fsp3) is 0.267. The van der Waals surface area contributed by atoms with Crippen molar-refractivity contribution >= 4 is 11.9 Å². The topological polar surface area (TPSA) is 92.4 Å². The maximum atomic E-state index is 11.3. The van der Waals surface area contributed by atoms with Gasteiger partial charge in [-0.15, -0.1) is 0 Å². The molecule has 6 heteroatoms. The van der Waals surface area contributed by atoms with Crippen LogP contribution >= 0.6 is 0 Å². The zero-order valence-electron chi connectivity index (χ0n) is 12.0. The predicted octanol–water partition coefficient (Wildman–Crippen LogP) is 2.57. The van der Waals surface area contributed by atoms with Gasteiger partial charge in [0.25, 0.3) is 0 Å². The van der Waals surface area contributed by atoms with Crippen LogP contribution in [0, 0.1) is 0 Å². The fourth-order valence-corrected chi connectivity index (χ4v) is 2.04. The van der Waals surface area contributed by atoms with E-state index in [1.165, 1.54) is 16.8 Å². The minimum atomic E-state index is -1.15. The zero-order chi connectivity index (χ0) is 15.8. The lowest BCUT2D eigenvalue weighted by Crippen LogP contribution is -2.19. The number of nitrogens with zero attached hydrogens (tertiary/aromatic N) is 2. The van der Waals surface area contributed by atoms with Crippen LogP contribution in [-0.4, -0.2) is 31.9 Å². The molecule has 1 aromatic carbocycles. The second kappa shape index (κ2) is 5.05. The summed E-state index contributed by atoms with van der Waals surface area (Å²) in [6.45, 7) is 5.74. The highest BCUT2D eigenvalue weighted by Gasteiger charge is 2.25. The Labute approximate surface area is 121 Å². The maximum absolute atomic E-state index is 11.3. The molecule has 0 unspecified atom stereocenters. The van der Waals surface area contributed by atoms with Gasteiger partial charge in [0.15, 0.2) is 5.69 Å². The van der Waals surface area contributed by atoms with Crippen LogP contribution in [0.4, 0.5) is 0 Å². The van der Waals surface area contributed by atoms with Gasteiger partial charge in [-0.2, -0.15) is 5.10 Å². The molecule has 0 fully saturated rings. The van der Waals surface area contributed by atoms with Crippen LogP contribution in [0.5, 0.6) is 0 Å². The lowest BCUT2D eigenvalue weighted by Gasteiger charge is -2.20. The summed E-state index contributed by atoms with van der Waals surface area (Å²) in [4.78, 5) is 22.5. The van der Waals surface area contributed by atoms with Crippen molar-refractivity contribution in [3.05, 3.63) is 47.3 Å². The third kappa shape index (κ3) is 2.79. The summed E-state index contributed by atoms with van der Waals surface area (Å²) >= 11 is 0. The van der Waals surface area contributed by atoms with E-state index < -0.39 is 11.9 Å². The van der Waals surface area contributed by atoms with Gasteiger partial charge in [0.1, 0.15) is 0 Å². The first kappa shape index (κ1) is 14.8. The van der Waals surface area contributed by atoms with Crippen LogP contribution in [0.3, 0.4) is 0 Å². The zero-order valence-corrected chi connectivity index (χ0v) is 12.0.